The number of aliphatic hydroxyl groups is 1. The molecule has 0 aliphatic carbocycles. The van der Waals surface area contributed by atoms with Gasteiger partial charge in [-0.15, -0.1) is 0 Å². The van der Waals surface area contributed by atoms with E-state index in [1.807, 2.05) is 25.1 Å². The van der Waals surface area contributed by atoms with Gasteiger partial charge in [0.2, 0.25) is 5.91 Å². The molecule has 0 fully saturated rings. The van der Waals surface area contributed by atoms with E-state index in [4.69, 9.17) is 14.6 Å². The fraction of sp³-hybridized carbons (Fsp3) is 0.533. The number of hydrogen-bond acceptors (Lipinski definition) is 4. The third kappa shape index (κ3) is 4.74. The summed E-state index contributed by atoms with van der Waals surface area (Å²) in [6.45, 7) is 2.47. The van der Waals surface area contributed by atoms with Gasteiger partial charge >= 0.3 is 0 Å². The van der Waals surface area contributed by atoms with Crippen LogP contribution in [0.5, 0.6) is 11.5 Å². The number of aliphatic hydroxyl groups excluding tert-OH is 1. The lowest BCUT2D eigenvalue weighted by Gasteiger charge is -2.14. The van der Waals surface area contributed by atoms with Crippen molar-refractivity contribution in [3.05, 3.63) is 23.8 Å². The van der Waals surface area contributed by atoms with Crippen molar-refractivity contribution in [2.45, 2.75) is 19.8 Å². The Bertz CT molecular complexity index is 434. The fourth-order valence-corrected chi connectivity index (χ4v) is 1.92. The van der Waals surface area contributed by atoms with Gasteiger partial charge in [0.25, 0.3) is 0 Å². The molecule has 1 unspecified atom stereocenters. The minimum Gasteiger partial charge on any atom is -0.493 e. The molecule has 0 heterocycles. The Hall–Kier alpha value is -1.75. The predicted molar refractivity (Wildman–Crippen MR) is 77.1 cm³/mol. The zero-order chi connectivity index (χ0) is 15.0. The fourth-order valence-electron chi connectivity index (χ4n) is 1.92. The van der Waals surface area contributed by atoms with Crippen LogP contribution in [0, 0.1) is 5.92 Å². The summed E-state index contributed by atoms with van der Waals surface area (Å²) in [4.78, 5) is 11.9. The molecular formula is C15H23NO4. The van der Waals surface area contributed by atoms with E-state index in [-0.39, 0.29) is 18.4 Å². The summed E-state index contributed by atoms with van der Waals surface area (Å²) in [6.07, 6.45) is 1.21. The van der Waals surface area contributed by atoms with Crippen LogP contribution in [-0.2, 0) is 11.2 Å². The molecule has 1 aromatic rings. The monoisotopic (exact) mass is 281 g/mol. The maximum Gasteiger partial charge on any atom is 0.223 e. The van der Waals surface area contributed by atoms with E-state index in [0.29, 0.717) is 30.9 Å². The van der Waals surface area contributed by atoms with E-state index in [9.17, 15) is 4.79 Å². The van der Waals surface area contributed by atoms with Gasteiger partial charge in [-0.05, 0) is 30.5 Å². The van der Waals surface area contributed by atoms with E-state index < -0.39 is 0 Å². The largest absolute Gasteiger partial charge is 0.493 e. The molecule has 5 nitrogen and oxygen atoms in total. The lowest BCUT2D eigenvalue weighted by Crippen LogP contribution is -2.31. The second-order valence-electron chi connectivity index (χ2n) is 4.66. The van der Waals surface area contributed by atoms with Gasteiger partial charge in [0.05, 0.1) is 14.2 Å². The molecule has 0 radical (unpaired) electrons. The SMILES string of the molecule is COc1ccc(CC(C)C(=O)NCCCO)cc1OC. The summed E-state index contributed by atoms with van der Waals surface area (Å²) in [7, 11) is 3.18. The van der Waals surface area contributed by atoms with Crippen molar-refractivity contribution in [1.29, 1.82) is 0 Å². The first-order chi connectivity index (χ1) is 9.62. The van der Waals surface area contributed by atoms with Crippen LogP contribution < -0.4 is 14.8 Å². The second-order valence-corrected chi connectivity index (χ2v) is 4.66. The molecule has 20 heavy (non-hydrogen) atoms. The topological polar surface area (TPSA) is 67.8 Å². The number of amides is 1. The Morgan fingerprint density at radius 1 is 1.30 bits per heavy atom. The number of methoxy groups -OCH3 is 2. The quantitative estimate of drug-likeness (QED) is 0.706. The summed E-state index contributed by atoms with van der Waals surface area (Å²) >= 11 is 0. The number of ether oxygens (including phenoxy) is 2. The molecule has 112 valence electrons. The van der Waals surface area contributed by atoms with Gasteiger partial charge in [0.1, 0.15) is 0 Å². The van der Waals surface area contributed by atoms with Crippen molar-refractivity contribution >= 4 is 5.91 Å². The average molecular weight is 281 g/mol. The highest BCUT2D eigenvalue weighted by molar-refractivity contribution is 5.78. The van der Waals surface area contributed by atoms with Crippen LogP contribution in [-0.4, -0.2) is 38.4 Å². The van der Waals surface area contributed by atoms with Gasteiger partial charge < -0.3 is 19.9 Å². The summed E-state index contributed by atoms with van der Waals surface area (Å²) in [5.74, 6) is 1.20. The second kappa shape index (κ2) is 8.43. The molecule has 1 rings (SSSR count). The highest BCUT2D eigenvalue weighted by Gasteiger charge is 2.14. The molecule has 0 aromatic heterocycles. The first-order valence-corrected chi connectivity index (χ1v) is 6.71. The molecule has 0 aliphatic rings. The van der Waals surface area contributed by atoms with Gasteiger partial charge in [-0.3, -0.25) is 4.79 Å². The van der Waals surface area contributed by atoms with E-state index in [1.54, 1.807) is 14.2 Å². The van der Waals surface area contributed by atoms with Crippen LogP contribution in [0.25, 0.3) is 0 Å². The van der Waals surface area contributed by atoms with Crippen LogP contribution in [0.1, 0.15) is 18.9 Å². The first kappa shape index (κ1) is 16.3. The lowest BCUT2D eigenvalue weighted by molar-refractivity contribution is -0.124. The minimum atomic E-state index is -0.133. The molecular weight excluding hydrogens is 258 g/mol. The number of benzene rings is 1. The van der Waals surface area contributed by atoms with Crippen molar-refractivity contribution < 1.29 is 19.4 Å². The Morgan fingerprint density at radius 2 is 2.00 bits per heavy atom. The van der Waals surface area contributed by atoms with Gasteiger partial charge in [-0.2, -0.15) is 0 Å². The van der Waals surface area contributed by atoms with E-state index in [1.165, 1.54) is 0 Å². The smallest absolute Gasteiger partial charge is 0.223 e. The van der Waals surface area contributed by atoms with Crippen molar-refractivity contribution in [2.24, 2.45) is 5.92 Å². The molecule has 1 atom stereocenters. The van der Waals surface area contributed by atoms with E-state index >= 15 is 0 Å². The lowest BCUT2D eigenvalue weighted by atomic mass is 10.00. The number of carbonyl (C=O) groups excluding carboxylic acids is 1. The normalized spacial score (nSPS) is 11.8. The number of hydrogen-bond donors (Lipinski definition) is 2. The highest BCUT2D eigenvalue weighted by Crippen LogP contribution is 2.28. The molecule has 5 heteroatoms. The molecule has 0 spiro atoms. The standard InChI is InChI=1S/C15H23NO4/c1-11(15(18)16-7-4-8-17)9-12-5-6-13(19-2)14(10-12)20-3/h5-6,10-11,17H,4,7-9H2,1-3H3,(H,16,18). The van der Waals surface area contributed by atoms with Gasteiger partial charge in [0.15, 0.2) is 11.5 Å². The van der Waals surface area contributed by atoms with Crippen LogP contribution in [0.15, 0.2) is 18.2 Å². The molecule has 1 amide bonds. The summed E-state index contributed by atoms with van der Waals surface area (Å²) < 4.78 is 10.4. The maximum atomic E-state index is 11.9. The zero-order valence-corrected chi connectivity index (χ0v) is 12.3. The summed E-state index contributed by atoms with van der Waals surface area (Å²) in [5.41, 5.74) is 1.02. The highest BCUT2D eigenvalue weighted by atomic mass is 16.5. The molecule has 0 saturated carbocycles. The number of rotatable bonds is 8. The summed E-state index contributed by atoms with van der Waals surface area (Å²) in [6, 6.07) is 5.65. The maximum absolute atomic E-state index is 11.9. The molecule has 2 N–H and O–H groups in total. The third-order valence-electron chi connectivity index (χ3n) is 3.07. The van der Waals surface area contributed by atoms with Crippen molar-refractivity contribution in [3.8, 4) is 11.5 Å². The van der Waals surface area contributed by atoms with Crippen molar-refractivity contribution in [1.82, 2.24) is 5.32 Å². The Kier molecular flexibility index (Phi) is 6.87. The van der Waals surface area contributed by atoms with Gasteiger partial charge in [0, 0.05) is 19.1 Å². The Morgan fingerprint density at radius 3 is 2.60 bits per heavy atom. The first-order valence-electron chi connectivity index (χ1n) is 6.71. The summed E-state index contributed by atoms with van der Waals surface area (Å²) in [5, 5.41) is 11.5. The Balaban J connectivity index is 2.61. The average Bonchev–Trinajstić information content (AvgIpc) is 2.47. The van der Waals surface area contributed by atoms with Crippen LogP contribution in [0.3, 0.4) is 0 Å². The number of carbonyl (C=O) groups is 1. The van der Waals surface area contributed by atoms with E-state index in [2.05, 4.69) is 5.32 Å². The van der Waals surface area contributed by atoms with Gasteiger partial charge in [-0.1, -0.05) is 13.0 Å². The Labute approximate surface area is 119 Å². The van der Waals surface area contributed by atoms with Crippen LogP contribution in [0.2, 0.25) is 0 Å². The third-order valence-corrected chi connectivity index (χ3v) is 3.07. The van der Waals surface area contributed by atoms with Crippen molar-refractivity contribution in [3.63, 3.8) is 0 Å². The molecule has 0 aliphatic heterocycles. The van der Waals surface area contributed by atoms with Crippen molar-refractivity contribution in [2.75, 3.05) is 27.4 Å². The minimum absolute atomic E-state index is 0.00626. The van der Waals surface area contributed by atoms with Crippen LogP contribution >= 0.6 is 0 Å². The van der Waals surface area contributed by atoms with Gasteiger partial charge in [-0.25, -0.2) is 0 Å². The molecule has 0 bridgehead atoms. The molecule has 0 saturated heterocycles. The van der Waals surface area contributed by atoms with Crippen LogP contribution in [0.4, 0.5) is 0 Å². The predicted octanol–water partition coefficient (Wildman–Crippen LogP) is 1.38. The zero-order valence-electron chi connectivity index (χ0n) is 12.3. The number of nitrogens with one attached hydrogen (secondary N) is 1. The van der Waals surface area contributed by atoms with E-state index in [0.717, 1.165) is 5.56 Å². The molecule has 1 aromatic carbocycles.